The van der Waals surface area contributed by atoms with Crippen LogP contribution in [0.25, 0.3) is 0 Å². The van der Waals surface area contributed by atoms with Gasteiger partial charge in [-0.2, -0.15) is 0 Å². The number of aromatic nitrogens is 1. The molecule has 0 N–H and O–H groups in total. The molecule has 2 nitrogen and oxygen atoms in total. The van der Waals surface area contributed by atoms with Gasteiger partial charge in [0.15, 0.2) is 0 Å². The maximum absolute atomic E-state index is 12.3. The molecule has 1 heterocycles. The second-order valence-corrected chi connectivity index (χ2v) is 4.37. The van der Waals surface area contributed by atoms with Gasteiger partial charge in [-0.1, -0.05) is 23.8 Å². The predicted octanol–water partition coefficient (Wildman–Crippen LogP) is 3.24. The summed E-state index contributed by atoms with van der Waals surface area (Å²) in [6.07, 6.45) is 1.72. The monoisotopic (exact) mass is 225 g/mol. The summed E-state index contributed by atoms with van der Waals surface area (Å²) in [5.74, 6) is -0.00815. The molecule has 0 aliphatic carbocycles. The highest BCUT2D eigenvalue weighted by atomic mass is 16.1. The molecule has 0 aliphatic rings. The molecule has 0 radical (unpaired) electrons. The zero-order valence-electron chi connectivity index (χ0n) is 10.3. The Balaban J connectivity index is 2.43. The second-order valence-electron chi connectivity index (χ2n) is 4.37. The summed E-state index contributed by atoms with van der Waals surface area (Å²) >= 11 is 0. The summed E-state index contributed by atoms with van der Waals surface area (Å²) in [4.78, 5) is 16.4. The number of pyridine rings is 1. The zero-order chi connectivity index (χ0) is 12.4. The molecule has 0 amide bonds. The van der Waals surface area contributed by atoms with Crippen molar-refractivity contribution in [3.8, 4) is 0 Å². The van der Waals surface area contributed by atoms with Gasteiger partial charge in [0.05, 0.1) is 0 Å². The Labute approximate surface area is 101 Å². The van der Waals surface area contributed by atoms with Gasteiger partial charge in [-0.15, -0.1) is 0 Å². The van der Waals surface area contributed by atoms with Crippen LogP contribution in [0.1, 0.15) is 32.7 Å². The normalized spacial score (nSPS) is 10.3. The summed E-state index contributed by atoms with van der Waals surface area (Å²) in [5, 5.41) is 0. The van der Waals surface area contributed by atoms with Crippen molar-refractivity contribution in [1.29, 1.82) is 0 Å². The molecule has 1 aromatic carbocycles. The van der Waals surface area contributed by atoms with Crippen LogP contribution in [0.4, 0.5) is 0 Å². The molecule has 0 spiro atoms. The van der Waals surface area contributed by atoms with Crippen LogP contribution < -0.4 is 0 Å². The van der Waals surface area contributed by atoms with E-state index in [4.69, 9.17) is 0 Å². The fraction of sp³-hybridized carbons (Fsp3) is 0.200. The SMILES string of the molecule is Cc1ccc(C(=O)c2cc(C)ccc2C)nc1. The first-order valence-corrected chi connectivity index (χ1v) is 5.62. The van der Waals surface area contributed by atoms with Crippen LogP contribution in [0.5, 0.6) is 0 Å². The van der Waals surface area contributed by atoms with Crippen molar-refractivity contribution in [3.05, 3.63) is 64.5 Å². The van der Waals surface area contributed by atoms with Crippen molar-refractivity contribution in [2.45, 2.75) is 20.8 Å². The van der Waals surface area contributed by atoms with E-state index in [9.17, 15) is 4.79 Å². The first-order chi connectivity index (χ1) is 8.08. The van der Waals surface area contributed by atoms with Crippen molar-refractivity contribution < 1.29 is 4.79 Å². The lowest BCUT2D eigenvalue weighted by Crippen LogP contribution is -2.06. The van der Waals surface area contributed by atoms with Crippen molar-refractivity contribution in [2.24, 2.45) is 0 Å². The van der Waals surface area contributed by atoms with Gasteiger partial charge >= 0.3 is 0 Å². The molecule has 0 fully saturated rings. The van der Waals surface area contributed by atoms with Crippen LogP contribution in [-0.4, -0.2) is 10.8 Å². The van der Waals surface area contributed by atoms with E-state index in [1.165, 1.54) is 0 Å². The third-order valence-electron chi connectivity index (χ3n) is 2.78. The minimum atomic E-state index is -0.00815. The molecule has 1 aromatic heterocycles. The smallest absolute Gasteiger partial charge is 0.211 e. The molecule has 0 atom stereocenters. The summed E-state index contributed by atoms with van der Waals surface area (Å²) in [5.41, 5.74) is 4.38. The van der Waals surface area contributed by atoms with Crippen molar-refractivity contribution in [3.63, 3.8) is 0 Å². The number of ketones is 1. The summed E-state index contributed by atoms with van der Waals surface area (Å²) < 4.78 is 0. The molecular weight excluding hydrogens is 210 g/mol. The number of carbonyl (C=O) groups excluding carboxylic acids is 1. The fourth-order valence-corrected chi connectivity index (χ4v) is 1.72. The lowest BCUT2D eigenvalue weighted by molar-refractivity contribution is 0.103. The number of rotatable bonds is 2. The summed E-state index contributed by atoms with van der Waals surface area (Å²) in [6, 6.07) is 9.58. The molecule has 0 bridgehead atoms. The van der Waals surface area contributed by atoms with E-state index in [1.54, 1.807) is 12.3 Å². The Kier molecular flexibility index (Phi) is 3.05. The Morgan fingerprint density at radius 3 is 2.35 bits per heavy atom. The molecule has 2 rings (SSSR count). The van der Waals surface area contributed by atoms with Gasteiger partial charge < -0.3 is 0 Å². The van der Waals surface area contributed by atoms with Gasteiger partial charge in [0, 0.05) is 11.8 Å². The molecule has 0 saturated carbocycles. The lowest BCUT2D eigenvalue weighted by atomic mass is 10.00. The minimum Gasteiger partial charge on any atom is -0.287 e. The van der Waals surface area contributed by atoms with E-state index < -0.39 is 0 Å². The highest BCUT2D eigenvalue weighted by molar-refractivity contribution is 6.08. The van der Waals surface area contributed by atoms with E-state index >= 15 is 0 Å². The van der Waals surface area contributed by atoms with Crippen molar-refractivity contribution in [2.75, 3.05) is 0 Å². The largest absolute Gasteiger partial charge is 0.287 e. The standard InChI is InChI=1S/C15H15NO/c1-10-4-6-12(3)13(8-10)15(17)14-7-5-11(2)9-16-14/h4-9H,1-3H3. The van der Waals surface area contributed by atoms with Gasteiger partial charge in [0.25, 0.3) is 0 Å². The van der Waals surface area contributed by atoms with E-state index in [0.717, 1.165) is 22.3 Å². The van der Waals surface area contributed by atoms with Crippen LogP contribution in [0.15, 0.2) is 36.5 Å². The molecule has 2 heteroatoms. The lowest BCUT2D eigenvalue weighted by Gasteiger charge is -2.05. The zero-order valence-corrected chi connectivity index (χ0v) is 10.3. The van der Waals surface area contributed by atoms with Gasteiger partial charge in [-0.3, -0.25) is 9.78 Å². The Bertz CT molecular complexity index is 556. The average Bonchev–Trinajstić information content (AvgIpc) is 2.32. The molecule has 86 valence electrons. The maximum Gasteiger partial charge on any atom is 0.211 e. The van der Waals surface area contributed by atoms with Gasteiger partial charge in [0.2, 0.25) is 5.78 Å². The number of hydrogen-bond acceptors (Lipinski definition) is 2. The predicted molar refractivity (Wildman–Crippen MR) is 68.3 cm³/mol. The molecule has 0 saturated heterocycles. The Morgan fingerprint density at radius 2 is 1.71 bits per heavy atom. The van der Waals surface area contributed by atoms with Crippen LogP contribution in [0.2, 0.25) is 0 Å². The number of carbonyl (C=O) groups is 1. The number of nitrogens with zero attached hydrogens (tertiary/aromatic N) is 1. The number of aryl methyl sites for hydroxylation is 3. The topological polar surface area (TPSA) is 30.0 Å². The third kappa shape index (κ3) is 2.41. The molecule has 0 aliphatic heterocycles. The van der Waals surface area contributed by atoms with Crippen LogP contribution in [0.3, 0.4) is 0 Å². The Hall–Kier alpha value is -1.96. The first kappa shape index (κ1) is 11.5. The second kappa shape index (κ2) is 4.50. The van der Waals surface area contributed by atoms with Crippen LogP contribution in [-0.2, 0) is 0 Å². The maximum atomic E-state index is 12.3. The number of benzene rings is 1. The summed E-state index contributed by atoms with van der Waals surface area (Å²) in [7, 11) is 0. The van der Waals surface area contributed by atoms with E-state index in [-0.39, 0.29) is 5.78 Å². The first-order valence-electron chi connectivity index (χ1n) is 5.62. The van der Waals surface area contributed by atoms with Crippen molar-refractivity contribution in [1.82, 2.24) is 4.98 Å². The van der Waals surface area contributed by atoms with Crippen LogP contribution in [0, 0.1) is 20.8 Å². The summed E-state index contributed by atoms with van der Waals surface area (Å²) in [6.45, 7) is 5.89. The van der Waals surface area contributed by atoms with Gasteiger partial charge in [0.1, 0.15) is 5.69 Å². The van der Waals surface area contributed by atoms with Gasteiger partial charge in [-0.25, -0.2) is 0 Å². The third-order valence-corrected chi connectivity index (χ3v) is 2.78. The van der Waals surface area contributed by atoms with Gasteiger partial charge in [-0.05, 0) is 44.0 Å². The highest BCUT2D eigenvalue weighted by Gasteiger charge is 2.12. The molecule has 2 aromatic rings. The minimum absolute atomic E-state index is 0.00815. The molecule has 17 heavy (non-hydrogen) atoms. The van der Waals surface area contributed by atoms with E-state index in [1.807, 2.05) is 45.0 Å². The van der Waals surface area contributed by atoms with Crippen molar-refractivity contribution >= 4 is 5.78 Å². The fourth-order valence-electron chi connectivity index (χ4n) is 1.72. The quantitative estimate of drug-likeness (QED) is 0.734. The average molecular weight is 225 g/mol. The molecule has 0 unspecified atom stereocenters. The Morgan fingerprint density at radius 1 is 1.00 bits per heavy atom. The number of hydrogen-bond donors (Lipinski definition) is 0. The van der Waals surface area contributed by atoms with Crippen LogP contribution >= 0.6 is 0 Å². The highest BCUT2D eigenvalue weighted by Crippen LogP contribution is 2.15. The van der Waals surface area contributed by atoms with E-state index in [2.05, 4.69) is 4.98 Å². The van der Waals surface area contributed by atoms with E-state index in [0.29, 0.717) is 5.69 Å². The molecular formula is C15H15NO.